The van der Waals surface area contributed by atoms with E-state index in [1.165, 1.54) is 18.0 Å². The van der Waals surface area contributed by atoms with Crippen molar-refractivity contribution < 1.29 is 22.5 Å². The number of nitrogens with zero attached hydrogens (tertiary/aromatic N) is 4. The van der Waals surface area contributed by atoms with Gasteiger partial charge in [0.2, 0.25) is 17.6 Å². The summed E-state index contributed by atoms with van der Waals surface area (Å²) >= 11 is 0. The first kappa shape index (κ1) is 19.5. The minimum absolute atomic E-state index is 0.0752. The number of alkyl halides is 3. The molecule has 28 heavy (non-hydrogen) atoms. The predicted octanol–water partition coefficient (Wildman–Crippen LogP) is 3.74. The Hall–Kier alpha value is -3.23. The maximum atomic E-state index is 12.8. The Labute approximate surface area is 159 Å². The Bertz CT molecular complexity index is 942. The molecule has 0 saturated carbocycles. The highest BCUT2D eigenvalue weighted by Gasteiger charge is 2.30. The van der Waals surface area contributed by atoms with E-state index in [0.717, 1.165) is 12.1 Å². The number of hydrogen-bond acceptors (Lipinski definition) is 5. The lowest BCUT2D eigenvalue weighted by molar-refractivity contribution is -0.137. The number of amides is 1. The number of carbonyl (C=O) groups excluding carboxylic acids is 1. The molecule has 3 aromatic rings. The Morgan fingerprint density at radius 2 is 2.00 bits per heavy atom. The Morgan fingerprint density at radius 1 is 1.18 bits per heavy atom. The highest BCUT2D eigenvalue weighted by atomic mass is 19.4. The molecule has 0 aliphatic carbocycles. The Morgan fingerprint density at radius 3 is 2.71 bits per heavy atom. The molecule has 0 fully saturated rings. The van der Waals surface area contributed by atoms with Crippen LogP contribution in [0, 0.1) is 0 Å². The summed E-state index contributed by atoms with van der Waals surface area (Å²) in [5.41, 5.74) is 0.227. The van der Waals surface area contributed by atoms with E-state index in [4.69, 9.17) is 4.52 Å². The molecule has 0 atom stereocenters. The van der Waals surface area contributed by atoms with E-state index in [0.29, 0.717) is 23.0 Å². The number of benzene rings is 1. The second-order valence-corrected chi connectivity index (χ2v) is 6.17. The summed E-state index contributed by atoms with van der Waals surface area (Å²) in [5.74, 6) is 0.386. The number of halogens is 3. The number of carbonyl (C=O) groups is 1. The van der Waals surface area contributed by atoms with Crippen molar-refractivity contribution in [3.05, 3.63) is 65.7 Å². The van der Waals surface area contributed by atoms with Crippen LogP contribution in [-0.2, 0) is 23.9 Å². The van der Waals surface area contributed by atoms with Crippen LogP contribution in [0.5, 0.6) is 0 Å². The topological polar surface area (TPSA) is 72.1 Å². The highest BCUT2D eigenvalue weighted by molar-refractivity contribution is 5.76. The Balaban J connectivity index is 1.56. The average molecular weight is 390 g/mol. The van der Waals surface area contributed by atoms with E-state index < -0.39 is 11.7 Å². The molecule has 0 unspecified atom stereocenters. The van der Waals surface area contributed by atoms with Gasteiger partial charge in [-0.1, -0.05) is 23.4 Å². The van der Waals surface area contributed by atoms with E-state index in [9.17, 15) is 18.0 Å². The standard InChI is InChI=1S/C19H17F3N4O2/c1-26(12-13-5-4-6-14(11-13)19(20,21)22)17(27)9-8-16-24-18(25-28-16)15-7-2-3-10-23-15/h2-7,10-11H,8-9,12H2,1H3. The molecular weight excluding hydrogens is 373 g/mol. The van der Waals surface area contributed by atoms with Gasteiger partial charge >= 0.3 is 6.18 Å². The van der Waals surface area contributed by atoms with Crippen LogP contribution < -0.4 is 0 Å². The minimum atomic E-state index is -4.41. The van der Waals surface area contributed by atoms with Crippen molar-refractivity contribution in [2.45, 2.75) is 25.6 Å². The van der Waals surface area contributed by atoms with Gasteiger partial charge in [-0.3, -0.25) is 9.78 Å². The lowest BCUT2D eigenvalue weighted by Crippen LogP contribution is -2.26. The molecule has 3 rings (SSSR count). The van der Waals surface area contributed by atoms with Crippen LogP contribution >= 0.6 is 0 Å². The first-order valence-electron chi connectivity index (χ1n) is 8.47. The van der Waals surface area contributed by atoms with Crippen molar-refractivity contribution >= 4 is 5.91 Å². The van der Waals surface area contributed by atoms with Crippen molar-refractivity contribution in [3.63, 3.8) is 0 Å². The fourth-order valence-electron chi connectivity index (χ4n) is 2.57. The van der Waals surface area contributed by atoms with Gasteiger partial charge in [0.05, 0.1) is 5.56 Å². The Kier molecular flexibility index (Phi) is 5.72. The lowest BCUT2D eigenvalue weighted by atomic mass is 10.1. The maximum absolute atomic E-state index is 12.8. The smallest absolute Gasteiger partial charge is 0.341 e. The van der Waals surface area contributed by atoms with Crippen LogP contribution in [0.25, 0.3) is 11.5 Å². The number of aryl methyl sites for hydroxylation is 1. The molecule has 0 aliphatic heterocycles. The molecule has 6 nitrogen and oxygen atoms in total. The third-order valence-corrected chi connectivity index (χ3v) is 4.01. The average Bonchev–Trinajstić information content (AvgIpc) is 3.15. The van der Waals surface area contributed by atoms with E-state index >= 15 is 0 Å². The highest BCUT2D eigenvalue weighted by Crippen LogP contribution is 2.29. The van der Waals surface area contributed by atoms with Gasteiger partial charge in [0, 0.05) is 32.6 Å². The van der Waals surface area contributed by atoms with Crippen molar-refractivity contribution in [2.24, 2.45) is 0 Å². The fraction of sp³-hybridized carbons (Fsp3) is 0.263. The summed E-state index contributed by atoms with van der Waals surface area (Å²) < 4.78 is 43.5. The molecule has 0 N–H and O–H groups in total. The fourth-order valence-corrected chi connectivity index (χ4v) is 2.57. The molecular formula is C19H17F3N4O2. The second kappa shape index (κ2) is 8.20. The van der Waals surface area contributed by atoms with Crippen LogP contribution in [0.3, 0.4) is 0 Å². The van der Waals surface area contributed by atoms with Gasteiger partial charge in [0.1, 0.15) is 5.69 Å². The second-order valence-electron chi connectivity index (χ2n) is 6.17. The van der Waals surface area contributed by atoms with Gasteiger partial charge in [-0.2, -0.15) is 18.2 Å². The van der Waals surface area contributed by atoms with E-state index in [1.807, 2.05) is 0 Å². The molecule has 0 aliphatic rings. The van der Waals surface area contributed by atoms with Crippen LogP contribution in [0.4, 0.5) is 13.2 Å². The SMILES string of the molecule is CN(Cc1cccc(C(F)(F)F)c1)C(=O)CCc1nc(-c2ccccn2)no1. The third-order valence-electron chi connectivity index (χ3n) is 4.01. The number of aromatic nitrogens is 3. The van der Waals surface area contributed by atoms with Crippen molar-refractivity contribution in [1.29, 1.82) is 0 Å². The zero-order chi connectivity index (χ0) is 20.1. The lowest BCUT2D eigenvalue weighted by Gasteiger charge is -2.17. The van der Waals surface area contributed by atoms with Gasteiger partial charge in [-0.15, -0.1) is 0 Å². The largest absolute Gasteiger partial charge is 0.416 e. The summed E-state index contributed by atoms with van der Waals surface area (Å²) in [7, 11) is 1.54. The van der Waals surface area contributed by atoms with Gasteiger partial charge in [-0.05, 0) is 29.8 Å². The molecule has 1 aromatic carbocycles. The third kappa shape index (κ3) is 4.93. The van der Waals surface area contributed by atoms with Crippen molar-refractivity contribution in [1.82, 2.24) is 20.0 Å². The monoisotopic (exact) mass is 390 g/mol. The van der Waals surface area contributed by atoms with Crippen LogP contribution in [-0.4, -0.2) is 33.0 Å². The van der Waals surface area contributed by atoms with Gasteiger partial charge in [0.15, 0.2) is 0 Å². The summed E-state index contributed by atoms with van der Waals surface area (Å²) in [6.45, 7) is 0.0752. The molecule has 9 heteroatoms. The van der Waals surface area contributed by atoms with Crippen molar-refractivity contribution in [3.8, 4) is 11.5 Å². The molecule has 0 bridgehead atoms. The first-order chi connectivity index (χ1) is 13.3. The summed E-state index contributed by atoms with van der Waals surface area (Å²) in [6, 6.07) is 10.2. The molecule has 2 heterocycles. The van der Waals surface area contributed by atoms with Crippen LogP contribution in [0.15, 0.2) is 53.2 Å². The van der Waals surface area contributed by atoms with Crippen molar-refractivity contribution in [2.75, 3.05) is 7.05 Å². The normalized spacial score (nSPS) is 11.4. The van der Waals surface area contributed by atoms with Gasteiger partial charge < -0.3 is 9.42 Å². The number of rotatable bonds is 6. The zero-order valence-electron chi connectivity index (χ0n) is 15.0. The zero-order valence-corrected chi connectivity index (χ0v) is 15.0. The molecule has 1 amide bonds. The maximum Gasteiger partial charge on any atom is 0.416 e. The molecule has 0 saturated heterocycles. The quantitative estimate of drug-likeness (QED) is 0.641. The molecule has 2 aromatic heterocycles. The van der Waals surface area contributed by atoms with Gasteiger partial charge in [0.25, 0.3) is 0 Å². The molecule has 146 valence electrons. The molecule has 0 radical (unpaired) electrons. The number of pyridine rings is 1. The van der Waals surface area contributed by atoms with E-state index in [-0.39, 0.29) is 25.3 Å². The summed E-state index contributed by atoms with van der Waals surface area (Å²) in [5, 5.41) is 3.83. The van der Waals surface area contributed by atoms with Crippen LogP contribution in [0.2, 0.25) is 0 Å². The van der Waals surface area contributed by atoms with E-state index in [2.05, 4.69) is 15.1 Å². The van der Waals surface area contributed by atoms with E-state index in [1.54, 1.807) is 30.5 Å². The summed E-state index contributed by atoms with van der Waals surface area (Å²) in [4.78, 5) is 22.0. The van der Waals surface area contributed by atoms with Crippen LogP contribution in [0.1, 0.15) is 23.4 Å². The first-order valence-corrected chi connectivity index (χ1v) is 8.47. The predicted molar refractivity (Wildman–Crippen MR) is 93.8 cm³/mol. The minimum Gasteiger partial charge on any atom is -0.341 e. The number of hydrogen-bond donors (Lipinski definition) is 0. The summed E-state index contributed by atoms with van der Waals surface area (Å²) in [6.07, 6.45) is -2.48. The molecule has 0 spiro atoms. The van der Waals surface area contributed by atoms with Gasteiger partial charge in [-0.25, -0.2) is 0 Å².